The van der Waals surface area contributed by atoms with Crippen molar-refractivity contribution in [2.45, 2.75) is 62.0 Å². The van der Waals surface area contributed by atoms with Crippen molar-refractivity contribution in [3.63, 3.8) is 0 Å². The molecule has 0 radical (unpaired) electrons. The fourth-order valence-corrected chi connectivity index (χ4v) is 4.21. The molecule has 1 aliphatic rings. The normalized spacial score (nSPS) is 16.1. The summed E-state index contributed by atoms with van der Waals surface area (Å²) >= 11 is 1.30. The monoisotopic (exact) mass is 375 g/mol. The Kier molecular flexibility index (Phi) is 6.32. The maximum atomic E-state index is 12.8. The van der Waals surface area contributed by atoms with E-state index in [-0.39, 0.29) is 29.4 Å². The molecule has 1 amide bonds. The molecule has 140 valence electrons. The van der Waals surface area contributed by atoms with Crippen LogP contribution in [0.4, 0.5) is 0 Å². The number of carbonyl (C=O) groups is 1. The number of aliphatic hydroxyl groups is 1. The molecule has 2 N–H and O–H groups in total. The summed E-state index contributed by atoms with van der Waals surface area (Å²) in [6.07, 6.45) is 4.88. The van der Waals surface area contributed by atoms with Gasteiger partial charge >= 0.3 is 0 Å². The minimum absolute atomic E-state index is 0.00108. The van der Waals surface area contributed by atoms with E-state index in [4.69, 9.17) is 5.11 Å². The van der Waals surface area contributed by atoms with Crippen LogP contribution in [0, 0.1) is 0 Å². The van der Waals surface area contributed by atoms with Gasteiger partial charge in [0.2, 0.25) is 5.91 Å². The highest BCUT2D eigenvalue weighted by Gasteiger charge is 2.23. The Balaban J connectivity index is 1.84. The quantitative estimate of drug-likeness (QED) is 0.573. The summed E-state index contributed by atoms with van der Waals surface area (Å²) in [5.41, 5.74) is 0.499. The molecule has 0 saturated heterocycles. The van der Waals surface area contributed by atoms with Crippen LogP contribution in [-0.2, 0) is 11.3 Å². The van der Waals surface area contributed by atoms with Crippen molar-refractivity contribution in [1.29, 1.82) is 0 Å². The minimum Gasteiger partial charge on any atom is -0.396 e. The number of benzene rings is 1. The van der Waals surface area contributed by atoms with Crippen LogP contribution in [0.25, 0.3) is 10.9 Å². The Bertz CT molecular complexity index is 830. The van der Waals surface area contributed by atoms with Gasteiger partial charge in [-0.05, 0) is 38.3 Å². The van der Waals surface area contributed by atoms with Gasteiger partial charge in [0.25, 0.3) is 5.56 Å². The van der Waals surface area contributed by atoms with E-state index in [1.165, 1.54) is 24.6 Å². The molecule has 1 atom stereocenters. The first-order valence-electron chi connectivity index (χ1n) is 9.17. The van der Waals surface area contributed by atoms with Gasteiger partial charge in [-0.1, -0.05) is 36.7 Å². The lowest BCUT2D eigenvalue weighted by atomic mass is 10.2. The van der Waals surface area contributed by atoms with E-state index in [1.54, 1.807) is 16.7 Å². The van der Waals surface area contributed by atoms with Crippen molar-refractivity contribution in [2.75, 3.05) is 6.61 Å². The zero-order valence-electron chi connectivity index (χ0n) is 15.0. The van der Waals surface area contributed by atoms with E-state index < -0.39 is 0 Å². The Morgan fingerprint density at radius 2 is 2.12 bits per heavy atom. The summed E-state index contributed by atoms with van der Waals surface area (Å²) in [5.74, 6) is -0.0157. The molecule has 3 rings (SSSR count). The van der Waals surface area contributed by atoms with Crippen LogP contribution in [0.2, 0.25) is 0 Å². The summed E-state index contributed by atoms with van der Waals surface area (Å²) in [6.45, 7) is 2.22. The van der Waals surface area contributed by atoms with Gasteiger partial charge < -0.3 is 10.4 Å². The van der Waals surface area contributed by atoms with Crippen LogP contribution in [-0.4, -0.2) is 38.5 Å². The number of hydrogen-bond acceptors (Lipinski definition) is 5. The van der Waals surface area contributed by atoms with Crippen molar-refractivity contribution in [3.8, 4) is 0 Å². The highest BCUT2D eigenvalue weighted by Crippen LogP contribution is 2.24. The van der Waals surface area contributed by atoms with Crippen molar-refractivity contribution in [3.05, 3.63) is 34.6 Å². The number of thioether (sulfide) groups is 1. The summed E-state index contributed by atoms with van der Waals surface area (Å²) in [5, 5.41) is 13.0. The van der Waals surface area contributed by atoms with E-state index in [0.717, 1.165) is 12.8 Å². The Labute approximate surface area is 157 Å². The van der Waals surface area contributed by atoms with Crippen molar-refractivity contribution in [1.82, 2.24) is 14.9 Å². The average molecular weight is 375 g/mol. The predicted molar refractivity (Wildman–Crippen MR) is 103 cm³/mol. The number of nitrogens with one attached hydrogen (secondary N) is 1. The molecule has 1 heterocycles. The molecule has 1 fully saturated rings. The topological polar surface area (TPSA) is 84.2 Å². The predicted octanol–water partition coefficient (Wildman–Crippen LogP) is 2.32. The molecule has 6 nitrogen and oxygen atoms in total. The van der Waals surface area contributed by atoms with E-state index in [1.807, 2.05) is 19.1 Å². The number of fused-ring (bicyclic) bond motifs is 1. The highest BCUT2D eigenvalue weighted by atomic mass is 32.2. The molecule has 1 aromatic carbocycles. The lowest BCUT2D eigenvalue weighted by molar-refractivity contribution is -0.120. The van der Waals surface area contributed by atoms with E-state index in [9.17, 15) is 9.59 Å². The first-order valence-corrected chi connectivity index (χ1v) is 10.1. The second-order valence-electron chi connectivity index (χ2n) is 6.70. The van der Waals surface area contributed by atoms with Crippen LogP contribution in [0.1, 0.15) is 39.0 Å². The van der Waals surface area contributed by atoms with E-state index in [0.29, 0.717) is 29.0 Å². The SMILES string of the molecule is CC(Sc1nc2ccccc2c(=O)n1CCCO)C(=O)NC1CCCC1. The zero-order chi connectivity index (χ0) is 18.5. The van der Waals surface area contributed by atoms with Gasteiger partial charge in [-0.15, -0.1) is 0 Å². The summed E-state index contributed by atoms with van der Waals surface area (Å²) in [7, 11) is 0. The first-order chi connectivity index (χ1) is 12.6. The van der Waals surface area contributed by atoms with Crippen LogP contribution >= 0.6 is 11.8 Å². The molecule has 1 unspecified atom stereocenters. The van der Waals surface area contributed by atoms with Gasteiger partial charge in [0.05, 0.1) is 16.2 Å². The van der Waals surface area contributed by atoms with Gasteiger partial charge in [-0.2, -0.15) is 0 Å². The van der Waals surface area contributed by atoms with Crippen molar-refractivity contribution >= 4 is 28.6 Å². The molecule has 7 heteroatoms. The second kappa shape index (κ2) is 8.68. The molecule has 1 aromatic heterocycles. The minimum atomic E-state index is -0.343. The van der Waals surface area contributed by atoms with Crippen molar-refractivity contribution < 1.29 is 9.90 Å². The Morgan fingerprint density at radius 1 is 1.38 bits per heavy atom. The first kappa shape index (κ1) is 18.9. The van der Waals surface area contributed by atoms with E-state index >= 15 is 0 Å². The van der Waals surface area contributed by atoms with Gasteiger partial charge in [0, 0.05) is 19.2 Å². The fourth-order valence-electron chi connectivity index (χ4n) is 3.26. The third kappa shape index (κ3) is 4.27. The van der Waals surface area contributed by atoms with Crippen LogP contribution in [0.5, 0.6) is 0 Å². The van der Waals surface area contributed by atoms with Gasteiger partial charge in [-0.25, -0.2) is 4.98 Å². The molecule has 1 aliphatic carbocycles. The molecule has 1 saturated carbocycles. The number of hydrogen-bond donors (Lipinski definition) is 2. The van der Waals surface area contributed by atoms with E-state index in [2.05, 4.69) is 10.3 Å². The molecule has 0 spiro atoms. The summed E-state index contributed by atoms with van der Waals surface area (Å²) in [6, 6.07) is 7.49. The van der Waals surface area contributed by atoms with Crippen LogP contribution < -0.4 is 10.9 Å². The smallest absolute Gasteiger partial charge is 0.262 e. The Morgan fingerprint density at radius 3 is 2.85 bits per heavy atom. The van der Waals surface area contributed by atoms with Crippen LogP contribution in [0.15, 0.2) is 34.2 Å². The van der Waals surface area contributed by atoms with Gasteiger partial charge in [0.1, 0.15) is 0 Å². The molecular weight excluding hydrogens is 350 g/mol. The lowest BCUT2D eigenvalue weighted by Gasteiger charge is -2.18. The highest BCUT2D eigenvalue weighted by molar-refractivity contribution is 8.00. The maximum absolute atomic E-state index is 12.8. The number of nitrogens with zero attached hydrogens (tertiary/aromatic N) is 2. The molecular formula is C19H25N3O3S. The molecule has 26 heavy (non-hydrogen) atoms. The number of rotatable bonds is 7. The third-order valence-corrected chi connectivity index (χ3v) is 5.81. The third-order valence-electron chi connectivity index (χ3n) is 4.72. The molecule has 2 aromatic rings. The van der Waals surface area contributed by atoms with Gasteiger partial charge in [-0.3, -0.25) is 14.2 Å². The number of amides is 1. The zero-order valence-corrected chi connectivity index (χ0v) is 15.8. The standard InChI is InChI=1S/C19H25N3O3S/c1-13(17(24)20-14-7-2-3-8-14)26-19-21-16-10-5-4-9-15(16)18(25)22(19)11-6-12-23/h4-5,9-10,13-14,23H,2-3,6-8,11-12H2,1H3,(H,20,24). The van der Waals surface area contributed by atoms with Crippen molar-refractivity contribution in [2.24, 2.45) is 0 Å². The molecule has 0 bridgehead atoms. The largest absolute Gasteiger partial charge is 0.396 e. The number of aliphatic hydroxyl groups excluding tert-OH is 1. The number of carbonyl (C=O) groups excluding carboxylic acids is 1. The molecule has 0 aliphatic heterocycles. The number of para-hydroxylation sites is 1. The average Bonchev–Trinajstić information content (AvgIpc) is 3.14. The number of aromatic nitrogens is 2. The maximum Gasteiger partial charge on any atom is 0.262 e. The Hall–Kier alpha value is -1.86. The fraction of sp³-hybridized carbons (Fsp3) is 0.526. The lowest BCUT2D eigenvalue weighted by Crippen LogP contribution is -2.38. The van der Waals surface area contributed by atoms with Crippen LogP contribution in [0.3, 0.4) is 0 Å². The summed E-state index contributed by atoms with van der Waals surface area (Å²) < 4.78 is 1.57. The van der Waals surface area contributed by atoms with Gasteiger partial charge in [0.15, 0.2) is 5.16 Å². The summed E-state index contributed by atoms with van der Waals surface area (Å²) in [4.78, 5) is 29.9. The second-order valence-corrected chi connectivity index (χ2v) is 8.00.